The van der Waals surface area contributed by atoms with Crippen LogP contribution in [0.1, 0.15) is 15.9 Å². The molecule has 0 fully saturated rings. The molecule has 1 aromatic carbocycles. The molecule has 0 saturated carbocycles. The summed E-state index contributed by atoms with van der Waals surface area (Å²) < 4.78 is 1.60. The van der Waals surface area contributed by atoms with Gasteiger partial charge in [0.05, 0.1) is 11.8 Å². The monoisotopic (exact) mass is 293 g/mol. The predicted octanol–water partition coefficient (Wildman–Crippen LogP) is 2.57. The van der Waals surface area contributed by atoms with Crippen LogP contribution in [0.2, 0.25) is 0 Å². The lowest BCUT2D eigenvalue weighted by molar-refractivity contribution is 0.102. The Morgan fingerprint density at radius 1 is 1.41 bits per heavy atom. The van der Waals surface area contributed by atoms with Crippen LogP contribution in [0.15, 0.2) is 36.7 Å². The number of hydrogen-bond donors (Lipinski definition) is 1. The third kappa shape index (κ3) is 2.94. The minimum atomic E-state index is -0.148. The summed E-state index contributed by atoms with van der Waals surface area (Å²) in [6.45, 7) is 0. The van der Waals surface area contributed by atoms with Crippen molar-refractivity contribution in [1.82, 2.24) is 9.78 Å². The number of alkyl halides is 1. The molecule has 1 heterocycles. The summed E-state index contributed by atoms with van der Waals surface area (Å²) in [6.07, 6.45) is 3.23. The molecule has 0 saturated heterocycles. The van der Waals surface area contributed by atoms with Crippen molar-refractivity contribution < 1.29 is 4.79 Å². The molecular formula is C12H12BrN3O. The van der Waals surface area contributed by atoms with Crippen molar-refractivity contribution in [3.63, 3.8) is 0 Å². The third-order valence-electron chi connectivity index (χ3n) is 2.33. The van der Waals surface area contributed by atoms with Gasteiger partial charge in [0.25, 0.3) is 5.91 Å². The molecule has 0 aliphatic rings. The van der Waals surface area contributed by atoms with Gasteiger partial charge in [-0.15, -0.1) is 0 Å². The van der Waals surface area contributed by atoms with Crippen molar-refractivity contribution >= 4 is 27.5 Å². The minimum Gasteiger partial charge on any atom is -0.322 e. The molecule has 0 aliphatic heterocycles. The first-order valence-electron chi connectivity index (χ1n) is 5.14. The van der Waals surface area contributed by atoms with Crippen LogP contribution in [0.5, 0.6) is 0 Å². The van der Waals surface area contributed by atoms with Crippen LogP contribution in [-0.2, 0) is 12.4 Å². The zero-order valence-electron chi connectivity index (χ0n) is 9.35. The summed E-state index contributed by atoms with van der Waals surface area (Å²) in [5, 5.41) is 7.58. The molecule has 2 aromatic rings. The molecule has 0 atom stereocenters. The number of benzene rings is 1. The van der Waals surface area contributed by atoms with E-state index in [1.807, 2.05) is 24.3 Å². The number of amides is 1. The van der Waals surface area contributed by atoms with Gasteiger partial charge in [-0.2, -0.15) is 5.10 Å². The quantitative estimate of drug-likeness (QED) is 0.884. The largest absolute Gasteiger partial charge is 0.322 e. The van der Waals surface area contributed by atoms with Gasteiger partial charge in [0.2, 0.25) is 0 Å². The van der Waals surface area contributed by atoms with Crippen LogP contribution in [0.3, 0.4) is 0 Å². The smallest absolute Gasteiger partial charge is 0.258 e. The van der Waals surface area contributed by atoms with E-state index in [9.17, 15) is 4.79 Å². The van der Waals surface area contributed by atoms with Crippen molar-refractivity contribution in [1.29, 1.82) is 0 Å². The van der Waals surface area contributed by atoms with E-state index in [2.05, 4.69) is 26.3 Å². The molecule has 0 bridgehead atoms. The van der Waals surface area contributed by atoms with Gasteiger partial charge in [-0.25, -0.2) is 0 Å². The SMILES string of the molecule is Cn1cc(C(=O)Nc2ccc(CBr)cc2)cn1. The van der Waals surface area contributed by atoms with E-state index in [0.717, 1.165) is 11.0 Å². The van der Waals surface area contributed by atoms with E-state index in [-0.39, 0.29) is 5.91 Å². The predicted molar refractivity (Wildman–Crippen MR) is 70.2 cm³/mol. The van der Waals surface area contributed by atoms with Gasteiger partial charge in [-0.3, -0.25) is 9.48 Å². The Kier molecular flexibility index (Phi) is 3.58. The third-order valence-corrected chi connectivity index (χ3v) is 2.98. The Morgan fingerprint density at radius 3 is 2.65 bits per heavy atom. The highest BCUT2D eigenvalue weighted by Crippen LogP contribution is 2.13. The number of anilines is 1. The van der Waals surface area contributed by atoms with Gasteiger partial charge >= 0.3 is 0 Å². The van der Waals surface area contributed by atoms with Gasteiger partial charge in [0.15, 0.2) is 0 Å². The molecule has 2 rings (SSSR count). The number of halogens is 1. The fraction of sp³-hybridized carbons (Fsp3) is 0.167. The topological polar surface area (TPSA) is 46.9 Å². The first kappa shape index (κ1) is 11.9. The van der Waals surface area contributed by atoms with Gasteiger partial charge in [-0.05, 0) is 17.7 Å². The zero-order valence-corrected chi connectivity index (χ0v) is 10.9. The molecule has 1 amide bonds. The van der Waals surface area contributed by atoms with Crippen molar-refractivity contribution in [2.75, 3.05) is 5.32 Å². The zero-order chi connectivity index (χ0) is 12.3. The van der Waals surface area contributed by atoms with E-state index >= 15 is 0 Å². The molecule has 17 heavy (non-hydrogen) atoms. The summed E-state index contributed by atoms with van der Waals surface area (Å²) in [6, 6.07) is 7.69. The molecule has 0 unspecified atom stereocenters. The molecule has 0 spiro atoms. The maximum absolute atomic E-state index is 11.8. The van der Waals surface area contributed by atoms with Gasteiger partial charge in [0.1, 0.15) is 0 Å². The Balaban J connectivity index is 2.07. The highest BCUT2D eigenvalue weighted by molar-refractivity contribution is 9.08. The number of nitrogens with zero attached hydrogens (tertiary/aromatic N) is 2. The lowest BCUT2D eigenvalue weighted by Gasteiger charge is -2.03. The van der Waals surface area contributed by atoms with E-state index in [0.29, 0.717) is 5.56 Å². The molecule has 1 aromatic heterocycles. The second-order valence-corrected chi connectivity index (χ2v) is 4.25. The summed E-state index contributed by atoms with van der Waals surface area (Å²) in [5.74, 6) is -0.148. The van der Waals surface area contributed by atoms with Crippen LogP contribution in [0.4, 0.5) is 5.69 Å². The molecule has 88 valence electrons. The Bertz CT molecular complexity index is 519. The van der Waals surface area contributed by atoms with Crippen LogP contribution in [0.25, 0.3) is 0 Å². The standard InChI is InChI=1S/C12H12BrN3O/c1-16-8-10(7-14-16)12(17)15-11-4-2-9(6-13)3-5-11/h2-5,7-8H,6H2,1H3,(H,15,17). The highest BCUT2D eigenvalue weighted by Gasteiger charge is 2.07. The first-order valence-corrected chi connectivity index (χ1v) is 6.26. The van der Waals surface area contributed by atoms with Gasteiger partial charge in [-0.1, -0.05) is 28.1 Å². The number of hydrogen-bond acceptors (Lipinski definition) is 2. The Labute approximate surface area is 108 Å². The molecule has 1 N–H and O–H groups in total. The Hall–Kier alpha value is -1.62. The molecule has 0 aliphatic carbocycles. The average Bonchev–Trinajstić information content (AvgIpc) is 2.77. The molecule has 5 heteroatoms. The van der Waals surface area contributed by atoms with Crippen LogP contribution in [-0.4, -0.2) is 15.7 Å². The Morgan fingerprint density at radius 2 is 2.12 bits per heavy atom. The minimum absolute atomic E-state index is 0.148. The second kappa shape index (κ2) is 5.14. The maximum atomic E-state index is 11.8. The van der Waals surface area contributed by atoms with Crippen LogP contribution < -0.4 is 5.32 Å². The number of aryl methyl sites for hydroxylation is 1. The summed E-state index contributed by atoms with van der Waals surface area (Å²) in [5.41, 5.74) is 2.50. The van der Waals surface area contributed by atoms with Gasteiger partial charge < -0.3 is 5.32 Å². The average molecular weight is 294 g/mol. The number of carbonyl (C=O) groups excluding carboxylic acids is 1. The fourth-order valence-corrected chi connectivity index (χ4v) is 1.79. The number of aromatic nitrogens is 2. The normalized spacial score (nSPS) is 10.2. The van der Waals surface area contributed by atoms with Gasteiger partial charge in [0, 0.05) is 24.3 Å². The van der Waals surface area contributed by atoms with Crippen molar-refractivity contribution in [3.05, 3.63) is 47.8 Å². The number of rotatable bonds is 3. The first-order chi connectivity index (χ1) is 8.19. The van der Waals surface area contributed by atoms with E-state index < -0.39 is 0 Å². The lowest BCUT2D eigenvalue weighted by atomic mass is 10.2. The molecular weight excluding hydrogens is 282 g/mol. The lowest BCUT2D eigenvalue weighted by Crippen LogP contribution is -2.10. The highest BCUT2D eigenvalue weighted by atomic mass is 79.9. The van der Waals surface area contributed by atoms with Crippen LogP contribution in [0, 0.1) is 0 Å². The summed E-state index contributed by atoms with van der Waals surface area (Å²) in [7, 11) is 1.78. The van der Waals surface area contributed by atoms with E-state index in [1.165, 1.54) is 5.56 Å². The van der Waals surface area contributed by atoms with Crippen molar-refractivity contribution in [2.24, 2.45) is 7.05 Å². The molecule has 4 nitrogen and oxygen atoms in total. The van der Waals surface area contributed by atoms with E-state index in [1.54, 1.807) is 24.1 Å². The fourth-order valence-electron chi connectivity index (χ4n) is 1.42. The van der Waals surface area contributed by atoms with Crippen molar-refractivity contribution in [3.8, 4) is 0 Å². The summed E-state index contributed by atoms with van der Waals surface area (Å²) in [4.78, 5) is 11.8. The number of carbonyl (C=O) groups is 1. The maximum Gasteiger partial charge on any atom is 0.258 e. The number of nitrogens with one attached hydrogen (secondary N) is 1. The molecule has 0 radical (unpaired) electrons. The summed E-state index contributed by atoms with van der Waals surface area (Å²) >= 11 is 3.37. The second-order valence-electron chi connectivity index (χ2n) is 3.69. The van der Waals surface area contributed by atoms with E-state index in [4.69, 9.17) is 0 Å². The van der Waals surface area contributed by atoms with Crippen molar-refractivity contribution in [2.45, 2.75) is 5.33 Å². The van der Waals surface area contributed by atoms with Crippen LogP contribution >= 0.6 is 15.9 Å².